The predicted molar refractivity (Wildman–Crippen MR) is 140 cm³/mol. The molecule has 6 rings (SSSR count). The number of likely N-dealkylation sites (tertiary alicyclic amines) is 1. The maximum absolute atomic E-state index is 4.55. The van der Waals surface area contributed by atoms with E-state index in [2.05, 4.69) is 82.6 Å². The smallest absolute Gasteiger partial charge is 0.0894 e. The molecule has 1 aliphatic rings. The third kappa shape index (κ3) is 4.04. The van der Waals surface area contributed by atoms with Crippen molar-refractivity contribution >= 4 is 16.4 Å². The summed E-state index contributed by atoms with van der Waals surface area (Å²) >= 11 is 0. The first kappa shape index (κ1) is 22.0. The summed E-state index contributed by atoms with van der Waals surface area (Å²) in [4.78, 5) is 6.27. The number of piperidine rings is 1. The molecule has 1 aliphatic heterocycles. The highest BCUT2D eigenvalue weighted by Gasteiger charge is 2.23. The Hall–Kier alpha value is -3.45. The first-order valence-corrected chi connectivity index (χ1v) is 12.6. The van der Waals surface area contributed by atoms with Gasteiger partial charge in [0.1, 0.15) is 0 Å². The van der Waals surface area contributed by atoms with Crippen molar-refractivity contribution in [1.82, 2.24) is 34.5 Å². The number of fused-ring (bicyclic) bond motifs is 2. The highest BCUT2D eigenvalue weighted by Crippen LogP contribution is 2.38. The van der Waals surface area contributed by atoms with Gasteiger partial charge in [0, 0.05) is 42.5 Å². The molecule has 0 radical (unpaired) electrons. The number of rotatable bonds is 5. The number of aryl methyl sites for hydroxylation is 2. The number of aromatic amines is 1. The van der Waals surface area contributed by atoms with Gasteiger partial charge in [0.05, 0.1) is 23.1 Å². The van der Waals surface area contributed by atoms with Gasteiger partial charge in [0.25, 0.3) is 0 Å². The molecule has 4 aromatic heterocycles. The van der Waals surface area contributed by atoms with Crippen LogP contribution >= 0.6 is 0 Å². The Labute approximate surface area is 205 Å². The molecule has 180 valence electrons. The third-order valence-electron chi connectivity index (χ3n) is 7.55. The summed E-state index contributed by atoms with van der Waals surface area (Å²) in [5.74, 6) is 1.01. The molecule has 5 aromatic rings. The monoisotopic (exact) mass is 467 g/mol. The zero-order valence-corrected chi connectivity index (χ0v) is 21.0. The van der Waals surface area contributed by atoms with Crippen molar-refractivity contribution in [3.05, 3.63) is 71.3 Å². The molecule has 1 aromatic carbocycles. The van der Waals surface area contributed by atoms with Crippen LogP contribution in [0.4, 0.5) is 0 Å². The van der Waals surface area contributed by atoms with Gasteiger partial charge in [-0.2, -0.15) is 5.10 Å². The SMILES string of the molecule is Cc1cc(-c2[nH]c3ccc(C4CCN(Cc5ccn(C)n5)CC4)cc3c2C(C)C)cn2nncc12. The van der Waals surface area contributed by atoms with Crippen LogP contribution in [-0.2, 0) is 13.6 Å². The molecule has 1 saturated heterocycles. The van der Waals surface area contributed by atoms with Crippen molar-refractivity contribution in [3.63, 3.8) is 0 Å². The maximum Gasteiger partial charge on any atom is 0.0894 e. The summed E-state index contributed by atoms with van der Waals surface area (Å²) in [5, 5.41) is 14.2. The van der Waals surface area contributed by atoms with Gasteiger partial charge in [-0.15, -0.1) is 5.10 Å². The van der Waals surface area contributed by atoms with Crippen molar-refractivity contribution < 1.29 is 0 Å². The summed E-state index contributed by atoms with van der Waals surface area (Å²) in [6, 6.07) is 11.4. The highest BCUT2D eigenvalue weighted by atomic mass is 15.4. The fraction of sp³-hybridized carbons (Fsp3) is 0.393. The van der Waals surface area contributed by atoms with E-state index in [1.54, 1.807) is 0 Å². The minimum absolute atomic E-state index is 0.404. The predicted octanol–water partition coefficient (Wildman–Crippen LogP) is 5.42. The van der Waals surface area contributed by atoms with Gasteiger partial charge in [-0.25, -0.2) is 4.52 Å². The average Bonchev–Trinajstić information content (AvgIpc) is 3.57. The van der Waals surface area contributed by atoms with Gasteiger partial charge < -0.3 is 4.98 Å². The van der Waals surface area contributed by atoms with Crippen molar-refractivity contribution in [2.45, 2.75) is 52.0 Å². The summed E-state index contributed by atoms with van der Waals surface area (Å²) < 4.78 is 3.77. The van der Waals surface area contributed by atoms with Gasteiger partial charge in [0.15, 0.2) is 0 Å². The molecule has 7 heteroatoms. The van der Waals surface area contributed by atoms with Crippen molar-refractivity contribution in [1.29, 1.82) is 0 Å². The van der Waals surface area contributed by atoms with Crippen LogP contribution in [0.5, 0.6) is 0 Å². The number of pyridine rings is 1. The quantitative estimate of drug-likeness (QED) is 0.375. The highest BCUT2D eigenvalue weighted by molar-refractivity contribution is 5.92. The van der Waals surface area contributed by atoms with E-state index < -0.39 is 0 Å². The molecule has 7 nitrogen and oxygen atoms in total. The van der Waals surface area contributed by atoms with E-state index in [0.29, 0.717) is 11.8 Å². The number of hydrogen-bond donors (Lipinski definition) is 1. The van der Waals surface area contributed by atoms with Crippen LogP contribution in [-0.4, -0.2) is 47.6 Å². The first-order chi connectivity index (χ1) is 17.0. The van der Waals surface area contributed by atoms with Crippen LogP contribution in [0.3, 0.4) is 0 Å². The largest absolute Gasteiger partial charge is 0.354 e. The number of nitrogens with zero attached hydrogens (tertiary/aromatic N) is 6. The molecule has 1 N–H and O–H groups in total. The Morgan fingerprint density at radius 3 is 2.69 bits per heavy atom. The molecular formula is C28H33N7. The number of H-pyrrole nitrogens is 1. The Morgan fingerprint density at radius 1 is 1.11 bits per heavy atom. The Kier molecular flexibility index (Phi) is 5.44. The maximum atomic E-state index is 4.55. The number of nitrogens with one attached hydrogen (secondary N) is 1. The van der Waals surface area contributed by atoms with Gasteiger partial charge in [-0.1, -0.05) is 25.1 Å². The molecular weight excluding hydrogens is 434 g/mol. The number of benzene rings is 1. The Bertz CT molecular complexity index is 1490. The van der Waals surface area contributed by atoms with E-state index >= 15 is 0 Å². The van der Waals surface area contributed by atoms with Gasteiger partial charge in [-0.05, 0) is 85.6 Å². The lowest BCUT2D eigenvalue weighted by Gasteiger charge is -2.31. The minimum Gasteiger partial charge on any atom is -0.354 e. The molecule has 0 spiro atoms. The topological polar surface area (TPSA) is 67.0 Å². The zero-order valence-electron chi connectivity index (χ0n) is 21.0. The van der Waals surface area contributed by atoms with Crippen LogP contribution in [0.25, 0.3) is 27.7 Å². The summed E-state index contributed by atoms with van der Waals surface area (Å²) in [6.07, 6.45) is 8.31. The van der Waals surface area contributed by atoms with Crippen LogP contribution in [0.15, 0.2) is 48.9 Å². The third-order valence-corrected chi connectivity index (χ3v) is 7.55. The second-order valence-corrected chi connectivity index (χ2v) is 10.4. The molecule has 0 atom stereocenters. The van der Waals surface area contributed by atoms with Crippen LogP contribution in [0.2, 0.25) is 0 Å². The lowest BCUT2D eigenvalue weighted by atomic mass is 9.87. The lowest BCUT2D eigenvalue weighted by Crippen LogP contribution is -2.32. The number of aromatic nitrogens is 6. The second-order valence-electron chi connectivity index (χ2n) is 10.4. The van der Waals surface area contributed by atoms with Gasteiger partial charge >= 0.3 is 0 Å². The second kappa shape index (κ2) is 8.64. The van der Waals surface area contributed by atoms with E-state index in [4.69, 9.17) is 0 Å². The standard InChI is InChI=1S/C28H33N7/c1-18(2)27-24-14-21(20-7-11-34(12-8-20)17-23-9-10-33(4)31-23)5-6-25(24)30-28(27)22-13-19(3)26-15-29-32-35(26)16-22/h5-6,9-10,13-16,18,20,30H,7-8,11-12,17H2,1-4H3. The zero-order chi connectivity index (χ0) is 24.1. The van der Waals surface area contributed by atoms with Crippen LogP contribution in [0.1, 0.15) is 60.9 Å². The summed E-state index contributed by atoms with van der Waals surface area (Å²) in [5.41, 5.74) is 9.79. The molecule has 0 aliphatic carbocycles. The van der Waals surface area contributed by atoms with Crippen LogP contribution in [0, 0.1) is 6.92 Å². The fourth-order valence-electron chi connectivity index (χ4n) is 5.75. The molecule has 0 unspecified atom stereocenters. The minimum atomic E-state index is 0.404. The van der Waals surface area contributed by atoms with Crippen molar-refractivity contribution in [2.75, 3.05) is 13.1 Å². The molecule has 0 bridgehead atoms. The van der Waals surface area contributed by atoms with E-state index in [-0.39, 0.29) is 0 Å². The molecule has 35 heavy (non-hydrogen) atoms. The Balaban J connectivity index is 1.29. The van der Waals surface area contributed by atoms with Crippen molar-refractivity contribution in [3.8, 4) is 11.3 Å². The normalized spacial score (nSPS) is 15.7. The van der Waals surface area contributed by atoms with E-state index in [9.17, 15) is 0 Å². The molecule has 1 fully saturated rings. The summed E-state index contributed by atoms with van der Waals surface area (Å²) in [7, 11) is 1.98. The lowest BCUT2D eigenvalue weighted by molar-refractivity contribution is 0.202. The first-order valence-electron chi connectivity index (χ1n) is 12.6. The average molecular weight is 468 g/mol. The van der Waals surface area contributed by atoms with Gasteiger partial charge in [0.2, 0.25) is 0 Å². The van der Waals surface area contributed by atoms with Crippen LogP contribution < -0.4 is 0 Å². The van der Waals surface area contributed by atoms with E-state index in [1.807, 2.05) is 28.6 Å². The van der Waals surface area contributed by atoms with Gasteiger partial charge in [-0.3, -0.25) is 9.58 Å². The summed E-state index contributed by atoms with van der Waals surface area (Å²) in [6.45, 7) is 9.88. The van der Waals surface area contributed by atoms with E-state index in [1.165, 1.54) is 46.1 Å². The van der Waals surface area contributed by atoms with E-state index in [0.717, 1.165) is 36.4 Å². The molecule has 0 amide bonds. The fourth-order valence-corrected chi connectivity index (χ4v) is 5.75. The molecule has 0 saturated carbocycles. The Morgan fingerprint density at radius 2 is 1.94 bits per heavy atom. The van der Waals surface area contributed by atoms with Crippen molar-refractivity contribution in [2.24, 2.45) is 7.05 Å². The number of hydrogen-bond acceptors (Lipinski definition) is 4. The molecule has 5 heterocycles.